The summed E-state index contributed by atoms with van der Waals surface area (Å²) in [6, 6.07) is 8.86. The van der Waals surface area contributed by atoms with Gasteiger partial charge in [-0.15, -0.1) is 0 Å². The van der Waals surface area contributed by atoms with Gasteiger partial charge < -0.3 is 4.90 Å². The summed E-state index contributed by atoms with van der Waals surface area (Å²) in [5.41, 5.74) is 2.36. The van der Waals surface area contributed by atoms with Gasteiger partial charge >= 0.3 is 0 Å². The van der Waals surface area contributed by atoms with Crippen molar-refractivity contribution in [2.75, 3.05) is 18.0 Å². The molecule has 1 amide bonds. The first kappa shape index (κ1) is 15.3. The molecule has 1 aromatic carbocycles. The van der Waals surface area contributed by atoms with Crippen molar-refractivity contribution in [3.05, 3.63) is 42.5 Å². The van der Waals surface area contributed by atoms with Gasteiger partial charge in [0.05, 0.1) is 13.1 Å². The first-order valence-electron chi connectivity index (χ1n) is 8.69. The summed E-state index contributed by atoms with van der Waals surface area (Å²) in [6.45, 7) is 4.40. The van der Waals surface area contributed by atoms with E-state index in [0.29, 0.717) is 12.6 Å². The van der Waals surface area contributed by atoms with Crippen LogP contribution in [0.3, 0.4) is 0 Å². The first-order chi connectivity index (χ1) is 11.7. The van der Waals surface area contributed by atoms with Crippen LogP contribution in [0.5, 0.6) is 0 Å². The molecule has 0 N–H and O–H groups in total. The Labute approximate surface area is 142 Å². The molecule has 6 nitrogen and oxygen atoms in total. The average molecular weight is 325 g/mol. The highest BCUT2D eigenvalue weighted by molar-refractivity contribution is 5.97. The molecule has 0 aliphatic carbocycles. The molecular formula is C18H23N5O. The monoisotopic (exact) mass is 325 g/mol. The van der Waals surface area contributed by atoms with Gasteiger partial charge in [0.15, 0.2) is 0 Å². The second-order valence-electron chi connectivity index (χ2n) is 6.83. The van der Waals surface area contributed by atoms with Gasteiger partial charge in [-0.25, -0.2) is 4.98 Å². The number of carbonyl (C=O) groups excluding carboxylic acids is 1. The van der Waals surface area contributed by atoms with Crippen molar-refractivity contribution in [1.29, 1.82) is 0 Å². The van der Waals surface area contributed by atoms with Crippen molar-refractivity contribution in [2.24, 2.45) is 0 Å². The van der Waals surface area contributed by atoms with E-state index in [4.69, 9.17) is 0 Å². The van der Waals surface area contributed by atoms with Gasteiger partial charge in [0.1, 0.15) is 12.7 Å². The number of para-hydroxylation sites is 1. The molecule has 6 heteroatoms. The third kappa shape index (κ3) is 2.82. The molecule has 0 spiro atoms. The van der Waals surface area contributed by atoms with Gasteiger partial charge in [-0.3, -0.25) is 14.4 Å². The molecule has 2 aliphatic heterocycles. The maximum atomic E-state index is 13.0. The quantitative estimate of drug-likeness (QED) is 0.859. The lowest BCUT2D eigenvalue weighted by Gasteiger charge is -2.28. The van der Waals surface area contributed by atoms with Crippen LogP contribution in [0.1, 0.15) is 25.3 Å². The highest BCUT2D eigenvalue weighted by Crippen LogP contribution is 2.32. The summed E-state index contributed by atoms with van der Waals surface area (Å²) in [7, 11) is 0. The van der Waals surface area contributed by atoms with E-state index in [1.807, 2.05) is 21.7 Å². The van der Waals surface area contributed by atoms with Crippen LogP contribution in [0.2, 0.25) is 0 Å². The minimum Gasteiger partial charge on any atom is -0.308 e. The number of anilines is 1. The van der Waals surface area contributed by atoms with Crippen LogP contribution in [-0.4, -0.2) is 50.7 Å². The zero-order valence-electron chi connectivity index (χ0n) is 14.0. The molecule has 1 saturated heterocycles. The molecule has 3 heterocycles. The van der Waals surface area contributed by atoms with Crippen LogP contribution in [0.4, 0.5) is 5.69 Å². The molecule has 24 heavy (non-hydrogen) atoms. The average Bonchev–Trinajstić information content (AvgIpc) is 3.28. The topological polar surface area (TPSA) is 54.3 Å². The van der Waals surface area contributed by atoms with Gasteiger partial charge in [0, 0.05) is 17.8 Å². The summed E-state index contributed by atoms with van der Waals surface area (Å²) < 4.78 is 1.86. The molecule has 2 unspecified atom stereocenters. The van der Waals surface area contributed by atoms with E-state index in [1.54, 1.807) is 12.7 Å². The molecule has 0 radical (unpaired) electrons. The van der Waals surface area contributed by atoms with Crippen LogP contribution >= 0.6 is 0 Å². The molecule has 2 aliphatic rings. The molecule has 126 valence electrons. The zero-order valence-corrected chi connectivity index (χ0v) is 14.0. The minimum atomic E-state index is 0.206. The number of hydrogen-bond acceptors (Lipinski definition) is 4. The number of nitrogens with zero attached hydrogens (tertiary/aromatic N) is 5. The second kappa shape index (κ2) is 6.36. The third-order valence-electron chi connectivity index (χ3n) is 5.18. The summed E-state index contributed by atoms with van der Waals surface area (Å²) in [6.07, 6.45) is 6.51. The fourth-order valence-corrected chi connectivity index (χ4v) is 4.05. The van der Waals surface area contributed by atoms with E-state index < -0.39 is 0 Å². The van der Waals surface area contributed by atoms with E-state index in [9.17, 15) is 4.79 Å². The van der Waals surface area contributed by atoms with Crippen molar-refractivity contribution >= 4 is 11.6 Å². The number of aromatic nitrogens is 3. The predicted molar refractivity (Wildman–Crippen MR) is 91.7 cm³/mol. The van der Waals surface area contributed by atoms with Crippen molar-refractivity contribution in [2.45, 2.75) is 44.8 Å². The maximum absolute atomic E-state index is 13.0. The SMILES string of the molecule is CC1Cc2ccccc2N1C(=O)CN1CCCC1Cn1cncn1. The third-order valence-corrected chi connectivity index (χ3v) is 5.18. The molecule has 2 aromatic rings. The summed E-state index contributed by atoms with van der Waals surface area (Å²) in [4.78, 5) is 21.3. The Bertz CT molecular complexity index is 714. The molecular weight excluding hydrogens is 302 g/mol. The lowest BCUT2D eigenvalue weighted by molar-refractivity contribution is -0.120. The molecule has 2 atom stereocenters. The number of benzene rings is 1. The second-order valence-corrected chi connectivity index (χ2v) is 6.83. The van der Waals surface area contributed by atoms with Gasteiger partial charge in [0.2, 0.25) is 5.91 Å². The van der Waals surface area contributed by atoms with E-state index >= 15 is 0 Å². The van der Waals surface area contributed by atoms with Crippen LogP contribution in [0.15, 0.2) is 36.9 Å². The highest BCUT2D eigenvalue weighted by Gasteiger charge is 2.34. The Morgan fingerprint density at radius 2 is 2.21 bits per heavy atom. The predicted octanol–water partition coefficient (Wildman–Crippen LogP) is 1.72. The Balaban J connectivity index is 1.45. The normalized spacial score (nSPS) is 23.6. The number of hydrogen-bond donors (Lipinski definition) is 0. The Hall–Kier alpha value is -2.21. The van der Waals surface area contributed by atoms with Crippen LogP contribution < -0.4 is 4.90 Å². The summed E-state index contributed by atoms with van der Waals surface area (Å²) >= 11 is 0. The van der Waals surface area contributed by atoms with Gasteiger partial charge in [-0.1, -0.05) is 18.2 Å². The maximum Gasteiger partial charge on any atom is 0.241 e. The van der Waals surface area contributed by atoms with E-state index in [-0.39, 0.29) is 11.9 Å². The molecule has 4 rings (SSSR count). The zero-order chi connectivity index (χ0) is 16.5. The first-order valence-corrected chi connectivity index (χ1v) is 8.69. The molecule has 0 saturated carbocycles. The van der Waals surface area contributed by atoms with Crippen LogP contribution in [0, 0.1) is 0 Å². The van der Waals surface area contributed by atoms with Gasteiger partial charge in [0.25, 0.3) is 0 Å². The van der Waals surface area contributed by atoms with E-state index in [0.717, 1.165) is 38.0 Å². The Morgan fingerprint density at radius 1 is 1.33 bits per heavy atom. The fraction of sp³-hybridized carbons (Fsp3) is 0.500. The number of amides is 1. The van der Waals surface area contributed by atoms with Crippen molar-refractivity contribution in [3.63, 3.8) is 0 Å². The highest BCUT2D eigenvalue weighted by atomic mass is 16.2. The minimum absolute atomic E-state index is 0.206. The van der Waals surface area contributed by atoms with Crippen molar-refractivity contribution in [1.82, 2.24) is 19.7 Å². The van der Waals surface area contributed by atoms with E-state index in [1.165, 1.54) is 5.56 Å². The largest absolute Gasteiger partial charge is 0.308 e. The Morgan fingerprint density at radius 3 is 3.04 bits per heavy atom. The van der Waals surface area contributed by atoms with Crippen LogP contribution in [0.25, 0.3) is 0 Å². The summed E-state index contributed by atoms with van der Waals surface area (Å²) in [5.74, 6) is 0.206. The number of likely N-dealkylation sites (tertiary alicyclic amines) is 1. The number of fused-ring (bicyclic) bond motifs is 1. The van der Waals surface area contributed by atoms with Gasteiger partial charge in [-0.2, -0.15) is 5.10 Å². The summed E-state index contributed by atoms with van der Waals surface area (Å²) in [5, 5.41) is 4.20. The smallest absolute Gasteiger partial charge is 0.241 e. The van der Waals surface area contributed by atoms with Gasteiger partial charge in [-0.05, 0) is 44.4 Å². The fourth-order valence-electron chi connectivity index (χ4n) is 4.05. The van der Waals surface area contributed by atoms with Crippen molar-refractivity contribution < 1.29 is 4.79 Å². The van der Waals surface area contributed by atoms with Crippen LogP contribution in [-0.2, 0) is 17.8 Å². The van der Waals surface area contributed by atoms with Crippen molar-refractivity contribution in [3.8, 4) is 0 Å². The molecule has 0 bridgehead atoms. The lowest BCUT2D eigenvalue weighted by atomic mass is 10.1. The van der Waals surface area contributed by atoms with E-state index in [2.05, 4.69) is 34.0 Å². The Kier molecular flexibility index (Phi) is 4.06. The standard InChI is InChI=1S/C18H23N5O/c1-14-9-15-5-2-3-7-17(15)23(14)18(24)11-21-8-4-6-16(21)10-22-13-19-12-20-22/h2-3,5,7,12-14,16H,4,6,8-11H2,1H3. The molecule has 1 aromatic heterocycles. The lowest BCUT2D eigenvalue weighted by Crippen LogP contribution is -2.45. The molecule has 1 fully saturated rings. The number of carbonyl (C=O) groups is 1. The number of rotatable bonds is 4.